The number of ether oxygens (including phenoxy) is 2. The first-order valence-corrected chi connectivity index (χ1v) is 6.92. The van der Waals surface area contributed by atoms with Crippen LogP contribution in [0.4, 0.5) is 5.69 Å². The molecule has 2 unspecified atom stereocenters. The molecule has 1 aliphatic rings. The van der Waals surface area contributed by atoms with Gasteiger partial charge in [0.1, 0.15) is 0 Å². The van der Waals surface area contributed by atoms with Crippen molar-refractivity contribution in [2.75, 3.05) is 40.1 Å². The number of aliphatic hydroxyl groups excluding tert-OH is 1. The second-order valence-corrected chi connectivity index (χ2v) is 5.50. The molecule has 0 amide bonds. The first-order valence-electron chi connectivity index (χ1n) is 6.92. The Labute approximate surface area is 120 Å². The van der Waals surface area contributed by atoms with E-state index in [1.165, 1.54) is 0 Å². The number of rotatable bonds is 4. The molecule has 1 heterocycles. The van der Waals surface area contributed by atoms with Gasteiger partial charge in [-0.3, -0.25) is 0 Å². The number of likely N-dealkylation sites (tertiary alicyclic amines) is 1. The number of methoxy groups -OCH3 is 2. The summed E-state index contributed by atoms with van der Waals surface area (Å²) in [7, 11) is 5.26. The molecule has 0 aliphatic carbocycles. The number of aliphatic hydroxyl groups is 1. The molecule has 0 saturated carbocycles. The molecule has 0 radical (unpaired) electrons. The molecule has 3 N–H and O–H groups in total. The third-order valence-corrected chi connectivity index (χ3v) is 3.96. The summed E-state index contributed by atoms with van der Waals surface area (Å²) in [5.41, 5.74) is 7.64. The van der Waals surface area contributed by atoms with E-state index in [1.54, 1.807) is 14.2 Å². The number of nitrogens with two attached hydrogens (primary N) is 1. The summed E-state index contributed by atoms with van der Waals surface area (Å²) in [5.74, 6) is 1.44. The van der Waals surface area contributed by atoms with E-state index in [0.717, 1.165) is 31.5 Å². The Morgan fingerprint density at radius 3 is 2.75 bits per heavy atom. The van der Waals surface area contributed by atoms with Crippen LogP contribution in [0.2, 0.25) is 0 Å². The quantitative estimate of drug-likeness (QED) is 0.810. The van der Waals surface area contributed by atoms with Gasteiger partial charge in [0.05, 0.1) is 26.0 Å². The van der Waals surface area contributed by atoms with Crippen LogP contribution in [0.1, 0.15) is 12.0 Å². The molecule has 2 atom stereocenters. The van der Waals surface area contributed by atoms with Crippen LogP contribution in [0.5, 0.6) is 11.5 Å². The fourth-order valence-corrected chi connectivity index (χ4v) is 2.88. The van der Waals surface area contributed by atoms with E-state index >= 15 is 0 Å². The molecule has 1 saturated heterocycles. The number of nitrogens with zero attached hydrogens (tertiary/aromatic N) is 1. The average molecular weight is 280 g/mol. The molecule has 112 valence electrons. The van der Waals surface area contributed by atoms with Crippen molar-refractivity contribution in [3.63, 3.8) is 0 Å². The van der Waals surface area contributed by atoms with Gasteiger partial charge in [-0.2, -0.15) is 0 Å². The fourth-order valence-electron chi connectivity index (χ4n) is 2.88. The maximum Gasteiger partial charge on any atom is 0.183 e. The highest BCUT2D eigenvalue weighted by Gasteiger charge is 2.26. The minimum absolute atomic E-state index is 0.228. The molecular weight excluding hydrogens is 256 g/mol. The summed E-state index contributed by atoms with van der Waals surface area (Å²) in [4.78, 5) is 2.25. The van der Waals surface area contributed by atoms with Crippen molar-refractivity contribution in [2.24, 2.45) is 5.92 Å². The van der Waals surface area contributed by atoms with Crippen molar-refractivity contribution in [1.82, 2.24) is 4.90 Å². The third kappa shape index (κ3) is 3.16. The Hall–Kier alpha value is -1.46. The van der Waals surface area contributed by atoms with Gasteiger partial charge in [0, 0.05) is 19.0 Å². The summed E-state index contributed by atoms with van der Waals surface area (Å²) in [5, 5.41) is 10.1. The number of nitrogen functional groups attached to an aromatic ring is 1. The van der Waals surface area contributed by atoms with Crippen LogP contribution in [0.25, 0.3) is 0 Å². The highest BCUT2D eigenvalue weighted by Crippen LogP contribution is 2.35. The zero-order valence-corrected chi connectivity index (χ0v) is 12.4. The predicted molar refractivity (Wildman–Crippen MR) is 79.3 cm³/mol. The first kappa shape index (κ1) is 14.9. The number of anilines is 1. The normalized spacial score (nSPS) is 23.6. The van der Waals surface area contributed by atoms with Crippen LogP contribution in [0.3, 0.4) is 0 Å². The Bertz CT molecular complexity index is 465. The van der Waals surface area contributed by atoms with Crippen molar-refractivity contribution in [1.29, 1.82) is 0 Å². The molecule has 0 bridgehead atoms. The Balaban J connectivity index is 2.18. The molecule has 5 nitrogen and oxygen atoms in total. The van der Waals surface area contributed by atoms with Crippen molar-refractivity contribution in [3.05, 3.63) is 17.7 Å². The molecule has 5 heteroatoms. The van der Waals surface area contributed by atoms with Gasteiger partial charge in [-0.1, -0.05) is 0 Å². The van der Waals surface area contributed by atoms with Crippen LogP contribution in [0, 0.1) is 5.92 Å². The van der Waals surface area contributed by atoms with Crippen molar-refractivity contribution < 1.29 is 14.6 Å². The highest BCUT2D eigenvalue weighted by molar-refractivity contribution is 5.62. The Morgan fingerprint density at radius 1 is 1.35 bits per heavy atom. The van der Waals surface area contributed by atoms with Crippen LogP contribution in [-0.4, -0.2) is 50.5 Å². The van der Waals surface area contributed by atoms with Gasteiger partial charge in [-0.05, 0) is 37.6 Å². The smallest absolute Gasteiger partial charge is 0.183 e. The fraction of sp³-hybridized carbons (Fsp3) is 0.600. The minimum Gasteiger partial charge on any atom is -0.493 e. The van der Waals surface area contributed by atoms with Gasteiger partial charge in [-0.15, -0.1) is 0 Å². The lowest BCUT2D eigenvalue weighted by Crippen LogP contribution is -2.41. The van der Waals surface area contributed by atoms with Gasteiger partial charge in [0.15, 0.2) is 11.5 Å². The number of hydrogen-bond acceptors (Lipinski definition) is 5. The zero-order chi connectivity index (χ0) is 14.7. The molecule has 0 spiro atoms. The maximum absolute atomic E-state index is 10.1. The van der Waals surface area contributed by atoms with E-state index in [0.29, 0.717) is 17.2 Å². The molecule has 1 aromatic carbocycles. The van der Waals surface area contributed by atoms with E-state index in [9.17, 15) is 5.11 Å². The lowest BCUT2D eigenvalue weighted by atomic mass is 9.88. The van der Waals surface area contributed by atoms with E-state index in [1.807, 2.05) is 12.1 Å². The summed E-state index contributed by atoms with van der Waals surface area (Å²) >= 11 is 0. The predicted octanol–water partition coefficient (Wildman–Crippen LogP) is 1.14. The molecule has 1 fully saturated rings. The van der Waals surface area contributed by atoms with Crippen molar-refractivity contribution in [3.8, 4) is 11.5 Å². The first-order chi connectivity index (χ1) is 9.55. The molecular formula is C15H24N2O3. The van der Waals surface area contributed by atoms with E-state index in [-0.39, 0.29) is 12.0 Å². The van der Waals surface area contributed by atoms with Crippen LogP contribution >= 0.6 is 0 Å². The Kier molecular flexibility index (Phi) is 4.73. The molecule has 1 aromatic rings. The van der Waals surface area contributed by atoms with Gasteiger partial charge in [0.25, 0.3) is 0 Å². The van der Waals surface area contributed by atoms with Crippen LogP contribution < -0.4 is 15.2 Å². The topological polar surface area (TPSA) is 68.0 Å². The highest BCUT2D eigenvalue weighted by atomic mass is 16.5. The van der Waals surface area contributed by atoms with E-state index in [2.05, 4.69) is 11.9 Å². The van der Waals surface area contributed by atoms with Crippen molar-refractivity contribution in [2.45, 2.75) is 18.9 Å². The molecule has 2 rings (SSSR count). The van der Waals surface area contributed by atoms with Crippen LogP contribution in [-0.2, 0) is 6.42 Å². The number of piperidine rings is 1. The summed E-state index contributed by atoms with van der Waals surface area (Å²) in [6, 6.07) is 3.85. The molecule has 0 aromatic heterocycles. The Morgan fingerprint density at radius 2 is 2.10 bits per heavy atom. The van der Waals surface area contributed by atoms with Crippen LogP contribution in [0.15, 0.2) is 12.1 Å². The summed E-state index contributed by atoms with van der Waals surface area (Å²) in [6.07, 6.45) is 1.36. The van der Waals surface area contributed by atoms with Gasteiger partial charge in [-0.25, -0.2) is 0 Å². The SMILES string of the molecule is COc1cc(CC2CN(C)CCC2O)cc(N)c1OC. The second-order valence-electron chi connectivity index (χ2n) is 5.50. The van der Waals surface area contributed by atoms with Gasteiger partial charge in [0.2, 0.25) is 0 Å². The molecule has 1 aliphatic heterocycles. The van der Waals surface area contributed by atoms with Crippen molar-refractivity contribution >= 4 is 5.69 Å². The second kappa shape index (κ2) is 6.33. The zero-order valence-electron chi connectivity index (χ0n) is 12.4. The lowest BCUT2D eigenvalue weighted by Gasteiger charge is -2.34. The maximum atomic E-state index is 10.1. The minimum atomic E-state index is -0.250. The van der Waals surface area contributed by atoms with E-state index < -0.39 is 0 Å². The third-order valence-electron chi connectivity index (χ3n) is 3.96. The van der Waals surface area contributed by atoms with E-state index in [4.69, 9.17) is 15.2 Å². The number of hydrogen-bond donors (Lipinski definition) is 2. The average Bonchev–Trinajstić information content (AvgIpc) is 2.42. The summed E-state index contributed by atoms with van der Waals surface area (Å²) in [6.45, 7) is 1.85. The number of benzene rings is 1. The van der Waals surface area contributed by atoms with Gasteiger partial charge >= 0.3 is 0 Å². The summed E-state index contributed by atoms with van der Waals surface area (Å²) < 4.78 is 10.6. The standard InChI is InChI=1S/C15H24N2O3/c1-17-5-4-13(18)11(9-17)6-10-7-12(16)15(20-3)14(8-10)19-2/h7-8,11,13,18H,4-6,9,16H2,1-3H3. The van der Waals surface area contributed by atoms with Gasteiger partial charge < -0.3 is 25.2 Å². The molecule has 20 heavy (non-hydrogen) atoms. The lowest BCUT2D eigenvalue weighted by molar-refractivity contribution is 0.0366. The largest absolute Gasteiger partial charge is 0.493 e. The monoisotopic (exact) mass is 280 g/mol.